The summed E-state index contributed by atoms with van der Waals surface area (Å²) in [5, 5.41) is 2.04. The second-order valence-corrected chi connectivity index (χ2v) is 4.96. The SMILES string of the molecule is S=c1nc(-c2cccs2)[nH]c2c1COCC2. The summed E-state index contributed by atoms with van der Waals surface area (Å²) in [5.74, 6) is 0.876. The fourth-order valence-corrected chi connectivity index (χ4v) is 2.73. The Morgan fingerprint density at radius 3 is 3.25 bits per heavy atom. The standard InChI is InChI=1S/C11H10N2OS2/c15-11-7-6-14-4-3-8(7)12-10(13-11)9-2-1-5-16-9/h1-2,5H,3-4,6H2,(H,12,13,15). The Hall–Kier alpha value is -1.04. The van der Waals surface area contributed by atoms with E-state index >= 15 is 0 Å². The van der Waals surface area contributed by atoms with Gasteiger partial charge in [0.25, 0.3) is 0 Å². The lowest BCUT2D eigenvalue weighted by Gasteiger charge is -2.16. The molecule has 1 aliphatic rings. The Bertz CT molecular complexity index is 560. The van der Waals surface area contributed by atoms with Crippen LogP contribution in [0.2, 0.25) is 0 Å². The van der Waals surface area contributed by atoms with Crippen molar-refractivity contribution in [1.29, 1.82) is 0 Å². The number of fused-ring (bicyclic) bond motifs is 1. The third-order valence-corrected chi connectivity index (χ3v) is 3.82. The van der Waals surface area contributed by atoms with Gasteiger partial charge in [-0.25, -0.2) is 4.98 Å². The van der Waals surface area contributed by atoms with Crippen molar-refractivity contribution in [3.05, 3.63) is 33.4 Å². The predicted molar refractivity (Wildman–Crippen MR) is 66.1 cm³/mol. The summed E-state index contributed by atoms with van der Waals surface area (Å²) in [7, 11) is 0. The van der Waals surface area contributed by atoms with Crippen molar-refractivity contribution in [3.8, 4) is 10.7 Å². The molecule has 0 aromatic carbocycles. The monoisotopic (exact) mass is 250 g/mol. The van der Waals surface area contributed by atoms with Crippen molar-refractivity contribution >= 4 is 23.6 Å². The van der Waals surface area contributed by atoms with E-state index in [4.69, 9.17) is 17.0 Å². The molecule has 3 rings (SSSR count). The lowest BCUT2D eigenvalue weighted by Crippen LogP contribution is -2.13. The van der Waals surface area contributed by atoms with Gasteiger partial charge in [-0.05, 0) is 11.4 Å². The van der Waals surface area contributed by atoms with Gasteiger partial charge in [-0.1, -0.05) is 18.3 Å². The molecule has 0 amide bonds. The Labute approximate surface area is 102 Å². The average Bonchev–Trinajstić information content (AvgIpc) is 2.82. The van der Waals surface area contributed by atoms with E-state index in [1.165, 1.54) is 5.69 Å². The number of thiophene rings is 1. The molecule has 0 atom stereocenters. The maximum Gasteiger partial charge on any atom is 0.149 e. The molecule has 1 aliphatic heterocycles. The zero-order chi connectivity index (χ0) is 11.0. The Kier molecular flexibility index (Phi) is 2.59. The molecule has 0 radical (unpaired) electrons. The number of nitrogens with one attached hydrogen (secondary N) is 1. The Morgan fingerprint density at radius 2 is 2.44 bits per heavy atom. The maximum atomic E-state index is 5.38. The zero-order valence-corrected chi connectivity index (χ0v) is 10.2. The summed E-state index contributed by atoms with van der Waals surface area (Å²) >= 11 is 6.96. The molecular weight excluding hydrogens is 240 g/mol. The third kappa shape index (κ3) is 1.71. The van der Waals surface area contributed by atoms with Crippen LogP contribution in [0, 0.1) is 4.64 Å². The largest absolute Gasteiger partial charge is 0.376 e. The van der Waals surface area contributed by atoms with E-state index in [0.29, 0.717) is 11.2 Å². The first-order valence-electron chi connectivity index (χ1n) is 5.08. The van der Waals surface area contributed by atoms with Gasteiger partial charge in [0.1, 0.15) is 10.5 Å². The minimum absolute atomic E-state index is 0.586. The van der Waals surface area contributed by atoms with Crippen LogP contribution in [0.25, 0.3) is 10.7 Å². The summed E-state index contributed by atoms with van der Waals surface area (Å²) in [4.78, 5) is 8.90. The van der Waals surface area contributed by atoms with E-state index in [1.807, 2.05) is 17.5 Å². The first kappa shape index (κ1) is 10.1. The van der Waals surface area contributed by atoms with Gasteiger partial charge < -0.3 is 9.72 Å². The third-order valence-electron chi connectivity index (χ3n) is 2.60. The van der Waals surface area contributed by atoms with Gasteiger partial charge in [0.15, 0.2) is 0 Å². The summed E-state index contributed by atoms with van der Waals surface area (Å²) in [6.45, 7) is 1.34. The van der Waals surface area contributed by atoms with E-state index in [2.05, 4.69) is 9.97 Å². The van der Waals surface area contributed by atoms with Crippen molar-refractivity contribution in [1.82, 2.24) is 9.97 Å². The first-order chi connectivity index (χ1) is 7.84. The highest BCUT2D eigenvalue weighted by atomic mass is 32.1. The lowest BCUT2D eigenvalue weighted by atomic mass is 10.1. The van der Waals surface area contributed by atoms with Gasteiger partial charge in [0, 0.05) is 17.7 Å². The van der Waals surface area contributed by atoms with Gasteiger partial charge in [0.05, 0.1) is 18.1 Å². The van der Waals surface area contributed by atoms with Crippen LogP contribution < -0.4 is 0 Å². The summed E-state index contributed by atoms with van der Waals surface area (Å²) in [6.07, 6.45) is 0.889. The molecule has 0 unspecified atom stereocenters. The number of hydrogen-bond acceptors (Lipinski definition) is 4. The van der Waals surface area contributed by atoms with Gasteiger partial charge in [-0.3, -0.25) is 0 Å². The van der Waals surface area contributed by atoms with Crippen molar-refractivity contribution in [2.24, 2.45) is 0 Å². The molecule has 2 aromatic rings. The molecule has 0 spiro atoms. The van der Waals surface area contributed by atoms with E-state index in [-0.39, 0.29) is 0 Å². The number of H-pyrrole nitrogens is 1. The second-order valence-electron chi connectivity index (χ2n) is 3.63. The topological polar surface area (TPSA) is 37.9 Å². The minimum Gasteiger partial charge on any atom is -0.376 e. The summed E-state index contributed by atoms with van der Waals surface area (Å²) in [6, 6.07) is 4.06. The van der Waals surface area contributed by atoms with E-state index < -0.39 is 0 Å². The van der Waals surface area contributed by atoms with Crippen LogP contribution in [0.1, 0.15) is 11.3 Å². The van der Waals surface area contributed by atoms with Crippen LogP contribution in [0.15, 0.2) is 17.5 Å². The fraction of sp³-hybridized carbons (Fsp3) is 0.273. The van der Waals surface area contributed by atoms with E-state index in [9.17, 15) is 0 Å². The number of rotatable bonds is 1. The fourth-order valence-electron chi connectivity index (χ4n) is 1.79. The van der Waals surface area contributed by atoms with Crippen molar-refractivity contribution < 1.29 is 4.74 Å². The Balaban J connectivity index is 2.16. The number of nitrogens with zero attached hydrogens (tertiary/aromatic N) is 1. The van der Waals surface area contributed by atoms with Crippen molar-refractivity contribution in [2.45, 2.75) is 13.0 Å². The lowest BCUT2D eigenvalue weighted by molar-refractivity contribution is 0.108. The molecule has 0 fully saturated rings. The highest BCUT2D eigenvalue weighted by molar-refractivity contribution is 7.71. The average molecular weight is 250 g/mol. The molecule has 3 heterocycles. The number of hydrogen-bond donors (Lipinski definition) is 1. The number of ether oxygens (including phenoxy) is 1. The van der Waals surface area contributed by atoms with Crippen LogP contribution in [-0.2, 0) is 17.8 Å². The van der Waals surface area contributed by atoms with Gasteiger partial charge >= 0.3 is 0 Å². The molecule has 0 saturated carbocycles. The van der Waals surface area contributed by atoms with Crippen LogP contribution in [0.3, 0.4) is 0 Å². The molecule has 0 aliphatic carbocycles. The maximum absolute atomic E-state index is 5.38. The van der Waals surface area contributed by atoms with Gasteiger partial charge in [-0.15, -0.1) is 11.3 Å². The molecule has 82 valence electrons. The Morgan fingerprint density at radius 1 is 1.50 bits per heavy atom. The van der Waals surface area contributed by atoms with Crippen LogP contribution >= 0.6 is 23.6 Å². The number of aromatic amines is 1. The zero-order valence-electron chi connectivity index (χ0n) is 8.53. The smallest absolute Gasteiger partial charge is 0.149 e. The quantitative estimate of drug-likeness (QED) is 0.791. The predicted octanol–water partition coefficient (Wildman–Crippen LogP) is 2.94. The van der Waals surface area contributed by atoms with Gasteiger partial charge in [0.2, 0.25) is 0 Å². The van der Waals surface area contributed by atoms with Crippen molar-refractivity contribution in [2.75, 3.05) is 6.61 Å². The van der Waals surface area contributed by atoms with Crippen LogP contribution in [0.5, 0.6) is 0 Å². The highest BCUT2D eigenvalue weighted by Gasteiger charge is 2.14. The molecule has 3 nitrogen and oxygen atoms in total. The van der Waals surface area contributed by atoms with E-state index in [1.54, 1.807) is 11.3 Å². The molecule has 1 N–H and O–H groups in total. The molecule has 0 bridgehead atoms. The normalized spacial score (nSPS) is 14.8. The molecule has 2 aromatic heterocycles. The number of aromatic nitrogens is 2. The van der Waals surface area contributed by atoms with E-state index in [0.717, 1.165) is 29.3 Å². The molecule has 16 heavy (non-hydrogen) atoms. The van der Waals surface area contributed by atoms with Gasteiger partial charge in [-0.2, -0.15) is 0 Å². The minimum atomic E-state index is 0.586. The highest BCUT2D eigenvalue weighted by Crippen LogP contribution is 2.24. The molecular formula is C11H10N2OS2. The molecule has 0 saturated heterocycles. The molecule has 5 heteroatoms. The van der Waals surface area contributed by atoms with Crippen molar-refractivity contribution in [3.63, 3.8) is 0 Å². The van der Waals surface area contributed by atoms with Crippen LogP contribution in [-0.4, -0.2) is 16.6 Å². The van der Waals surface area contributed by atoms with Crippen LogP contribution in [0.4, 0.5) is 0 Å². The second kappa shape index (κ2) is 4.08. The first-order valence-corrected chi connectivity index (χ1v) is 6.37. The summed E-state index contributed by atoms with van der Waals surface area (Å²) in [5.41, 5.74) is 2.22. The summed E-state index contributed by atoms with van der Waals surface area (Å²) < 4.78 is 6.05.